The number of anilines is 1. The fourth-order valence-corrected chi connectivity index (χ4v) is 2.51. The van der Waals surface area contributed by atoms with Crippen LogP contribution in [0, 0.1) is 6.92 Å². The Morgan fingerprint density at radius 3 is 2.80 bits per heavy atom. The molecule has 1 aliphatic rings. The van der Waals surface area contributed by atoms with Crippen LogP contribution in [-0.2, 0) is 4.79 Å². The quantitative estimate of drug-likeness (QED) is 0.750. The van der Waals surface area contributed by atoms with Crippen molar-refractivity contribution < 1.29 is 4.79 Å². The largest absolute Gasteiger partial charge is 0.310 e. The molecule has 1 unspecified atom stereocenters. The molecular formula is C11H12ClNOS. The summed E-state index contributed by atoms with van der Waals surface area (Å²) in [4.78, 5) is 13.4. The number of thiol groups is 1. The van der Waals surface area contributed by atoms with E-state index in [0.717, 1.165) is 11.3 Å². The Hall–Kier alpha value is -0.670. The Bertz CT molecular complexity index is 387. The van der Waals surface area contributed by atoms with Crippen LogP contribution < -0.4 is 4.90 Å². The predicted molar refractivity (Wildman–Crippen MR) is 65.9 cm³/mol. The minimum atomic E-state index is 0.103. The molecular weight excluding hydrogens is 230 g/mol. The molecule has 1 aromatic rings. The molecule has 4 heteroatoms. The number of para-hydroxylation sites is 1. The van der Waals surface area contributed by atoms with Gasteiger partial charge in [0, 0.05) is 18.2 Å². The van der Waals surface area contributed by atoms with E-state index in [0.29, 0.717) is 18.0 Å². The molecule has 1 aromatic carbocycles. The maximum Gasteiger partial charge on any atom is 0.228 e. The summed E-state index contributed by atoms with van der Waals surface area (Å²) in [5.41, 5.74) is 1.86. The molecule has 1 saturated heterocycles. The molecule has 0 aromatic heterocycles. The molecule has 0 aliphatic carbocycles. The molecule has 0 saturated carbocycles. The molecule has 2 nitrogen and oxygen atoms in total. The van der Waals surface area contributed by atoms with Gasteiger partial charge in [-0.25, -0.2) is 0 Å². The van der Waals surface area contributed by atoms with Crippen molar-refractivity contribution in [1.29, 1.82) is 0 Å². The summed E-state index contributed by atoms with van der Waals surface area (Å²) >= 11 is 10.4. The molecule has 2 rings (SSSR count). The number of rotatable bonds is 1. The number of benzene rings is 1. The minimum Gasteiger partial charge on any atom is -0.310 e. The van der Waals surface area contributed by atoms with Crippen molar-refractivity contribution in [2.75, 3.05) is 11.4 Å². The summed E-state index contributed by atoms with van der Waals surface area (Å²) in [5.74, 6) is 0.103. The summed E-state index contributed by atoms with van der Waals surface area (Å²) in [6.07, 6.45) is 0.494. The van der Waals surface area contributed by atoms with Crippen molar-refractivity contribution in [3.63, 3.8) is 0 Å². The highest BCUT2D eigenvalue weighted by molar-refractivity contribution is 7.81. The van der Waals surface area contributed by atoms with Crippen LogP contribution in [0.25, 0.3) is 0 Å². The van der Waals surface area contributed by atoms with Gasteiger partial charge in [-0.15, -0.1) is 0 Å². The zero-order chi connectivity index (χ0) is 11.0. The van der Waals surface area contributed by atoms with Crippen LogP contribution in [-0.4, -0.2) is 17.7 Å². The molecule has 15 heavy (non-hydrogen) atoms. The van der Waals surface area contributed by atoms with E-state index >= 15 is 0 Å². The van der Waals surface area contributed by atoms with Crippen LogP contribution in [0.3, 0.4) is 0 Å². The van der Waals surface area contributed by atoms with Crippen LogP contribution >= 0.6 is 24.2 Å². The average molecular weight is 242 g/mol. The molecule has 1 amide bonds. The molecule has 1 fully saturated rings. The zero-order valence-corrected chi connectivity index (χ0v) is 10.1. The predicted octanol–water partition coefficient (Wildman–Crippen LogP) is 2.68. The van der Waals surface area contributed by atoms with E-state index in [-0.39, 0.29) is 11.2 Å². The number of nitrogens with zero attached hydrogens (tertiary/aromatic N) is 1. The number of carbonyl (C=O) groups excluding carboxylic acids is 1. The van der Waals surface area contributed by atoms with Crippen LogP contribution in [0.2, 0.25) is 5.02 Å². The summed E-state index contributed by atoms with van der Waals surface area (Å²) in [5, 5.41) is 0.749. The van der Waals surface area contributed by atoms with Gasteiger partial charge >= 0.3 is 0 Å². The molecule has 80 valence electrons. The number of hydrogen-bond donors (Lipinski definition) is 1. The van der Waals surface area contributed by atoms with Gasteiger partial charge in [0.05, 0.1) is 10.7 Å². The van der Waals surface area contributed by atoms with Crippen molar-refractivity contribution in [1.82, 2.24) is 0 Å². The van der Waals surface area contributed by atoms with E-state index in [4.69, 9.17) is 11.6 Å². The Morgan fingerprint density at radius 1 is 1.53 bits per heavy atom. The van der Waals surface area contributed by atoms with E-state index in [2.05, 4.69) is 12.6 Å². The van der Waals surface area contributed by atoms with Crippen molar-refractivity contribution in [2.45, 2.75) is 18.6 Å². The van der Waals surface area contributed by atoms with E-state index in [1.54, 1.807) is 4.90 Å². The second-order valence-electron chi connectivity index (χ2n) is 3.77. The van der Waals surface area contributed by atoms with Crippen LogP contribution in [0.5, 0.6) is 0 Å². The van der Waals surface area contributed by atoms with Crippen LogP contribution in [0.1, 0.15) is 12.0 Å². The first kappa shape index (κ1) is 10.8. The SMILES string of the molecule is Cc1cccc(Cl)c1N1CC(S)CC1=O. The second-order valence-corrected chi connectivity index (χ2v) is 4.91. The first-order valence-corrected chi connectivity index (χ1v) is 5.72. The van der Waals surface area contributed by atoms with Gasteiger partial charge in [0.15, 0.2) is 0 Å². The molecule has 1 heterocycles. The Kier molecular flexibility index (Phi) is 2.94. The van der Waals surface area contributed by atoms with Gasteiger partial charge in [0.2, 0.25) is 5.91 Å². The van der Waals surface area contributed by atoms with Crippen molar-refractivity contribution in [3.05, 3.63) is 28.8 Å². The lowest BCUT2D eigenvalue weighted by atomic mass is 10.2. The fraction of sp³-hybridized carbons (Fsp3) is 0.364. The average Bonchev–Trinajstić information content (AvgIpc) is 2.45. The molecule has 0 bridgehead atoms. The third-order valence-electron chi connectivity index (χ3n) is 2.56. The Labute approximate surface area is 99.6 Å². The Balaban J connectivity index is 2.41. The number of aryl methyl sites for hydroxylation is 1. The van der Waals surface area contributed by atoms with Crippen molar-refractivity contribution >= 4 is 35.8 Å². The highest BCUT2D eigenvalue weighted by Crippen LogP contribution is 2.33. The molecule has 1 atom stereocenters. The lowest BCUT2D eigenvalue weighted by Crippen LogP contribution is -2.25. The summed E-state index contributed by atoms with van der Waals surface area (Å²) < 4.78 is 0. The van der Waals surface area contributed by atoms with Crippen molar-refractivity contribution in [3.8, 4) is 0 Å². The molecule has 1 aliphatic heterocycles. The lowest BCUT2D eigenvalue weighted by Gasteiger charge is -2.19. The van der Waals surface area contributed by atoms with Gasteiger partial charge in [-0.1, -0.05) is 23.7 Å². The summed E-state index contributed by atoms with van der Waals surface area (Å²) in [6, 6.07) is 5.66. The number of hydrogen-bond acceptors (Lipinski definition) is 2. The second kappa shape index (κ2) is 4.06. The first-order chi connectivity index (χ1) is 7.09. The topological polar surface area (TPSA) is 20.3 Å². The van der Waals surface area contributed by atoms with Gasteiger partial charge in [-0.3, -0.25) is 4.79 Å². The van der Waals surface area contributed by atoms with Crippen LogP contribution in [0.4, 0.5) is 5.69 Å². The third kappa shape index (κ3) is 1.99. The highest BCUT2D eigenvalue weighted by atomic mass is 35.5. The monoisotopic (exact) mass is 241 g/mol. The van der Waals surface area contributed by atoms with Gasteiger partial charge < -0.3 is 4.90 Å². The van der Waals surface area contributed by atoms with Gasteiger partial charge in [0.1, 0.15) is 0 Å². The summed E-state index contributed by atoms with van der Waals surface area (Å²) in [6.45, 7) is 2.60. The molecule has 0 N–H and O–H groups in total. The normalized spacial score (nSPS) is 21.1. The standard InChI is InChI=1S/C11H12ClNOS/c1-7-3-2-4-9(12)11(7)13-6-8(15)5-10(13)14/h2-4,8,15H,5-6H2,1H3. The Morgan fingerprint density at radius 2 is 2.27 bits per heavy atom. The highest BCUT2D eigenvalue weighted by Gasteiger charge is 2.30. The van der Waals surface area contributed by atoms with E-state index in [9.17, 15) is 4.79 Å². The fourth-order valence-electron chi connectivity index (χ4n) is 1.87. The number of amides is 1. The molecule has 0 spiro atoms. The summed E-state index contributed by atoms with van der Waals surface area (Å²) in [7, 11) is 0. The van der Waals surface area contributed by atoms with Gasteiger partial charge in [-0.05, 0) is 18.6 Å². The lowest BCUT2D eigenvalue weighted by molar-refractivity contribution is -0.117. The number of halogens is 1. The maximum absolute atomic E-state index is 11.7. The van der Waals surface area contributed by atoms with Crippen LogP contribution in [0.15, 0.2) is 18.2 Å². The minimum absolute atomic E-state index is 0.103. The van der Waals surface area contributed by atoms with Gasteiger partial charge in [-0.2, -0.15) is 12.6 Å². The first-order valence-electron chi connectivity index (χ1n) is 4.83. The molecule has 0 radical (unpaired) electrons. The smallest absolute Gasteiger partial charge is 0.228 e. The van der Waals surface area contributed by atoms with E-state index < -0.39 is 0 Å². The van der Waals surface area contributed by atoms with Crippen molar-refractivity contribution in [2.24, 2.45) is 0 Å². The zero-order valence-electron chi connectivity index (χ0n) is 8.40. The third-order valence-corrected chi connectivity index (χ3v) is 3.21. The maximum atomic E-state index is 11.7. The number of carbonyl (C=O) groups is 1. The van der Waals surface area contributed by atoms with E-state index in [1.165, 1.54) is 0 Å². The van der Waals surface area contributed by atoms with E-state index in [1.807, 2.05) is 25.1 Å². The van der Waals surface area contributed by atoms with Gasteiger partial charge in [0.25, 0.3) is 0 Å².